The predicted molar refractivity (Wildman–Crippen MR) is 61.2 cm³/mol. The number of hydrogen-bond donors (Lipinski definition) is 1. The van der Waals surface area contributed by atoms with Crippen molar-refractivity contribution in [2.24, 2.45) is 5.73 Å². The topological polar surface area (TPSA) is 60.2 Å². The third-order valence-corrected chi connectivity index (χ3v) is 1.91. The summed E-state index contributed by atoms with van der Waals surface area (Å²) in [6.07, 6.45) is 10.6. The zero-order chi connectivity index (χ0) is 11.5. The average Bonchev–Trinajstić information content (AvgIpc) is 2.20. The minimum absolute atomic E-state index is 0.101. The summed E-state index contributed by atoms with van der Waals surface area (Å²) in [5.74, 6) is -0.309. The molecule has 0 aromatic carbocycles. The molecular formula is C12H19NO2. The predicted octanol–water partition coefficient (Wildman–Crippen LogP) is 2.12. The van der Waals surface area contributed by atoms with Gasteiger partial charge in [0.1, 0.15) is 5.78 Å². The van der Waals surface area contributed by atoms with Crippen LogP contribution in [0.3, 0.4) is 0 Å². The number of hydrogen-bond acceptors (Lipinski definition) is 2. The molecule has 0 fully saturated rings. The van der Waals surface area contributed by atoms with E-state index in [0.717, 1.165) is 12.8 Å². The Morgan fingerprint density at radius 1 is 1.07 bits per heavy atom. The minimum Gasteiger partial charge on any atom is -0.370 e. The van der Waals surface area contributed by atoms with Crippen LogP contribution in [0, 0.1) is 0 Å². The number of nitrogens with two attached hydrogens (primary N) is 1. The lowest BCUT2D eigenvalue weighted by Crippen LogP contribution is -2.12. The first-order valence-corrected chi connectivity index (χ1v) is 5.23. The highest BCUT2D eigenvalue weighted by Crippen LogP contribution is 2.00. The van der Waals surface area contributed by atoms with Crippen LogP contribution in [-0.2, 0) is 9.59 Å². The molecule has 0 rings (SSSR count). The van der Waals surface area contributed by atoms with Gasteiger partial charge in [-0.15, -0.1) is 0 Å². The van der Waals surface area contributed by atoms with Crippen LogP contribution in [0.15, 0.2) is 24.3 Å². The molecule has 0 unspecified atom stereocenters. The number of rotatable bonds is 8. The van der Waals surface area contributed by atoms with Gasteiger partial charge in [-0.25, -0.2) is 0 Å². The Balaban J connectivity index is 3.46. The average molecular weight is 209 g/mol. The van der Waals surface area contributed by atoms with Crippen LogP contribution in [0.5, 0.6) is 0 Å². The van der Waals surface area contributed by atoms with E-state index >= 15 is 0 Å². The number of carbonyl (C=O) groups excluding carboxylic acids is 2. The Morgan fingerprint density at radius 3 is 2.40 bits per heavy atom. The Bertz CT molecular complexity index is 254. The molecule has 0 saturated heterocycles. The second kappa shape index (κ2) is 9.19. The molecule has 84 valence electrons. The fraction of sp³-hybridized carbons (Fsp3) is 0.500. The van der Waals surface area contributed by atoms with Gasteiger partial charge in [0.05, 0.1) is 0 Å². The molecule has 15 heavy (non-hydrogen) atoms. The number of amides is 1. The molecule has 1 amide bonds. The molecule has 0 atom stereocenters. The van der Waals surface area contributed by atoms with Gasteiger partial charge >= 0.3 is 0 Å². The number of primary amides is 1. The van der Waals surface area contributed by atoms with Gasteiger partial charge in [-0.05, 0) is 19.8 Å². The lowest BCUT2D eigenvalue weighted by Gasteiger charge is -1.95. The Morgan fingerprint density at radius 2 is 1.80 bits per heavy atom. The molecule has 0 aliphatic carbocycles. The summed E-state index contributed by atoms with van der Waals surface area (Å²) in [4.78, 5) is 21.6. The van der Waals surface area contributed by atoms with Crippen molar-refractivity contribution in [3.63, 3.8) is 0 Å². The Labute approximate surface area is 91.0 Å². The van der Waals surface area contributed by atoms with E-state index < -0.39 is 5.91 Å². The number of carbonyl (C=O) groups is 2. The van der Waals surface area contributed by atoms with Gasteiger partial charge in [0.15, 0.2) is 0 Å². The van der Waals surface area contributed by atoms with E-state index in [4.69, 9.17) is 5.73 Å². The van der Waals surface area contributed by atoms with Crippen LogP contribution < -0.4 is 5.73 Å². The van der Waals surface area contributed by atoms with E-state index in [9.17, 15) is 9.59 Å². The maximum Gasteiger partial charge on any atom is 0.217 e. The van der Waals surface area contributed by atoms with E-state index in [2.05, 4.69) is 0 Å². The van der Waals surface area contributed by atoms with E-state index in [0.29, 0.717) is 6.42 Å². The van der Waals surface area contributed by atoms with E-state index in [1.165, 1.54) is 0 Å². The summed E-state index contributed by atoms with van der Waals surface area (Å²) >= 11 is 0. The number of allylic oxidation sites excluding steroid dienone is 4. The van der Waals surface area contributed by atoms with Gasteiger partial charge in [0.25, 0.3) is 0 Å². The second-order valence-electron chi connectivity index (χ2n) is 3.32. The zero-order valence-corrected chi connectivity index (χ0v) is 9.24. The largest absolute Gasteiger partial charge is 0.370 e. The molecule has 3 heteroatoms. The van der Waals surface area contributed by atoms with Crippen molar-refractivity contribution in [2.75, 3.05) is 0 Å². The highest BCUT2D eigenvalue weighted by Gasteiger charge is 2.02. The quantitative estimate of drug-likeness (QED) is 0.622. The van der Waals surface area contributed by atoms with E-state index in [1.54, 1.807) is 0 Å². The lowest BCUT2D eigenvalue weighted by molar-refractivity contribution is -0.123. The molecule has 0 heterocycles. The highest BCUT2D eigenvalue weighted by molar-refractivity contribution is 5.84. The second-order valence-corrected chi connectivity index (χ2v) is 3.32. The van der Waals surface area contributed by atoms with Gasteiger partial charge in [-0.2, -0.15) is 0 Å². The molecule has 0 saturated carbocycles. The number of Topliss-reactive ketones (excluding diaryl/α,β-unsaturated/α-hetero) is 1. The molecule has 0 aromatic heterocycles. The first kappa shape index (κ1) is 13.6. The van der Waals surface area contributed by atoms with Crippen molar-refractivity contribution in [1.29, 1.82) is 0 Å². The summed E-state index contributed by atoms with van der Waals surface area (Å²) in [7, 11) is 0. The van der Waals surface area contributed by atoms with Crippen LogP contribution in [0.4, 0.5) is 0 Å². The summed E-state index contributed by atoms with van der Waals surface area (Å²) in [6.45, 7) is 1.97. The first-order chi connectivity index (χ1) is 7.16. The molecule has 0 spiro atoms. The van der Waals surface area contributed by atoms with Gasteiger partial charge in [0.2, 0.25) is 5.91 Å². The van der Waals surface area contributed by atoms with Crippen LogP contribution in [0.25, 0.3) is 0 Å². The van der Waals surface area contributed by atoms with Crippen molar-refractivity contribution in [3.05, 3.63) is 24.3 Å². The normalized spacial score (nSPS) is 11.3. The molecule has 3 nitrogen and oxygen atoms in total. The molecule has 0 aromatic rings. The summed E-state index contributed by atoms with van der Waals surface area (Å²) in [5, 5.41) is 0. The summed E-state index contributed by atoms with van der Waals surface area (Å²) in [6, 6.07) is 0. The fourth-order valence-corrected chi connectivity index (χ4v) is 1.06. The minimum atomic E-state index is -0.410. The fourth-order valence-electron chi connectivity index (χ4n) is 1.06. The molecular weight excluding hydrogens is 190 g/mol. The van der Waals surface area contributed by atoms with Crippen LogP contribution in [0.2, 0.25) is 0 Å². The van der Waals surface area contributed by atoms with Gasteiger partial charge in [0, 0.05) is 19.3 Å². The van der Waals surface area contributed by atoms with E-state index in [-0.39, 0.29) is 18.6 Å². The SMILES string of the molecule is C/C=C/C/C=C/CCC(=O)CCC(N)=O. The highest BCUT2D eigenvalue weighted by atomic mass is 16.1. The van der Waals surface area contributed by atoms with Crippen molar-refractivity contribution in [1.82, 2.24) is 0 Å². The van der Waals surface area contributed by atoms with E-state index in [1.807, 2.05) is 31.2 Å². The molecule has 0 radical (unpaired) electrons. The van der Waals surface area contributed by atoms with Crippen molar-refractivity contribution < 1.29 is 9.59 Å². The van der Waals surface area contributed by atoms with Crippen molar-refractivity contribution >= 4 is 11.7 Å². The molecule has 0 aliphatic rings. The third-order valence-electron chi connectivity index (χ3n) is 1.91. The zero-order valence-electron chi connectivity index (χ0n) is 9.24. The molecule has 0 aliphatic heterocycles. The summed E-state index contributed by atoms with van der Waals surface area (Å²) in [5.41, 5.74) is 4.94. The van der Waals surface area contributed by atoms with Gasteiger partial charge < -0.3 is 5.73 Å². The molecule has 0 bridgehead atoms. The Kier molecular flexibility index (Phi) is 8.34. The smallest absolute Gasteiger partial charge is 0.217 e. The third kappa shape index (κ3) is 10.5. The summed E-state index contributed by atoms with van der Waals surface area (Å²) < 4.78 is 0. The van der Waals surface area contributed by atoms with Crippen LogP contribution in [-0.4, -0.2) is 11.7 Å². The number of ketones is 1. The standard InChI is InChI=1S/C12H19NO2/c1-2-3-4-5-6-7-8-11(14)9-10-12(13)15/h2-3,5-6H,4,7-10H2,1H3,(H2,13,15)/b3-2+,6-5+. The maximum absolute atomic E-state index is 11.2. The maximum atomic E-state index is 11.2. The van der Waals surface area contributed by atoms with Crippen molar-refractivity contribution in [2.45, 2.75) is 39.0 Å². The van der Waals surface area contributed by atoms with Crippen molar-refractivity contribution in [3.8, 4) is 0 Å². The van der Waals surface area contributed by atoms with Gasteiger partial charge in [-0.3, -0.25) is 9.59 Å². The Hall–Kier alpha value is -1.38. The lowest BCUT2D eigenvalue weighted by atomic mass is 10.1. The van der Waals surface area contributed by atoms with Crippen LogP contribution >= 0.6 is 0 Å². The first-order valence-electron chi connectivity index (χ1n) is 5.23. The monoisotopic (exact) mass is 209 g/mol. The van der Waals surface area contributed by atoms with Gasteiger partial charge in [-0.1, -0.05) is 24.3 Å². The van der Waals surface area contributed by atoms with Crippen LogP contribution in [0.1, 0.15) is 39.0 Å². The molecule has 2 N–H and O–H groups in total.